The number of fused-ring (bicyclic) bond motifs is 2. The lowest BCUT2D eigenvalue weighted by molar-refractivity contribution is -0.130. The number of hydrogen-bond acceptors (Lipinski definition) is 1. The van der Waals surface area contributed by atoms with E-state index in [0.29, 0.717) is 17.6 Å². The van der Waals surface area contributed by atoms with E-state index in [0.717, 1.165) is 6.42 Å². The summed E-state index contributed by atoms with van der Waals surface area (Å²) in [7, 11) is 0. The third-order valence-corrected chi connectivity index (χ3v) is 3.29. The van der Waals surface area contributed by atoms with Crippen LogP contribution in [0, 0.1) is 23.7 Å². The predicted octanol–water partition coefficient (Wildman–Crippen LogP) is 2.20. The topological polar surface area (TPSA) is 17.1 Å². The van der Waals surface area contributed by atoms with Crippen LogP contribution in [0.1, 0.15) is 13.3 Å². The van der Waals surface area contributed by atoms with Gasteiger partial charge in [0.2, 0.25) is 0 Å². The van der Waals surface area contributed by atoms with E-state index in [4.69, 9.17) is 0 Å². The molecule has 0 aromatic carbocycles. The van der Waals surface area contributed by atoms with Gasteiger partial charge in [0.25, 0.3) is 0 Å². The molecule has 1 heteroatoms. The first-order valence-electron chi connectivity index (χ1n) is 4.58. The summed E-state index contributed by atoms with van der Waals surface area (Å²) in [5.41, 5.74) is 0. The van der Waals surface area contributed by atoms with Crippen LogP contribution in [0.3, 0.4) is 0 Å². The third-order valence-electron chi connectivity index (χ3n) is 3.29. The van der Waals surface area contributed by atoms with Gasteiger partial charge in [-0.25, -0.2) is 0 Å². The first-order valence-corrected chi connectivity index (χ1v) is 4.58. The Hall–Kier alpha value is -0.850. The van der Waals surface area contributed by atoms with Crippen LogP contribution in [0.15, 0.2) is 24.8 Å². The fourth-order valence-electron chi connectivity index (χ4n) is 2.38. The summed E-state index contributed by atoms with van der Waals surface area (Å²) in [5, 5.41) is 0. The van der Waals surface area contributed by atoms with Gasteiger partial charge in [-0.05, 0) is 18.3 Å². The van der Waals surface area contributed by atoms with Crippen molar-refractivity contribution in [3.63, 3.8) is 0 Å². The first-order chi connectivity index (χ1) is 5.74. The van der Waals surface area contributed by atoms with Crippen LogP contribution < -0.4 is 0 Å². The van der Waals surface area contributed by atoms with Crippen LogP contribution in [0.25, 0.3) is 0 Å². The number of rotatable bonds is 1. The summed E-state index contributed by atoms with van der Waals surface area (Å²) in [6.07, 6.45) is 7.34. The second-order valence-corrected chi connectivity index (χ2v) is 3.90. The van der Waals surface area contributed by atoms with E-state index >= 15 is 0 Å². The van der Waals surface area contributed by atoms with Gasteiger partial charge in [0.1, 0.15) is 5.78 Å². The molecule has 0 aliphatic heterocycles. The average molecular weight is 162 g/mol. The van der Waals surface area contributed by atoms with Crippen molar-refractivity contribution in [1.82, 2.24) is 0 Å². The zero-order valence-corrected chi connectivity index (χ0v) is 7.36. The summed E-state index contributed by atoms with van der Waals surface area (Å²) < 4.78 is 0. The molecule has 1 nitrogen and oxygen atoms in total. The number of Topliss-reactive ketones (excluding diaryl/α,β-unsaturated/α-hetero) is 1. The molecule has 3 aliphatic carbocycles. The van der Waals surface area contributed by atoms with E-state index in [-0.39, 0.29) is 11.8 Å². The van der Waals surface area contributed by atoms with E-state index in [9.17, 15) is 4.79 Å². The molecule has 0 N–H and O–H groups in total. The van der Waals surface area contributed by atoms with Crippen LogP contribution in [0.5, 0.6) is 0 Å². The summed E-state index contributed by atoms with van der Waals surface area (Å²) in [4.78, 5) is 11.7. The molecule has 0 spiro atoms. The maximum atomic E-state index is 11.7. The largest absolute Gasteiger partial charge is 0.299 e. The maximum Gasteiger partial charge on any atom is 0.143 e. The SMILES string of the molecule is C=CC1CC2C=CC1C(=O)C2C. The Labute approximate surface area is 73.2 Å². The summed E-state index contributed by atoms with van der Waals surface area (Å²) in [6, 6.07) is 0. The van der Waals surface area contributed by atoms with E-state index in [1.807, 2.05) is 13.0 Å². The minimum absolute atomic E-state index is 0.141. The van der Waals surface area contributed by atoms with E-state index in [1.54, 1.807) is 0 Å². The Bertz CT molecular complexity index is 252. The molecular formula is C11H14O. The zero-order chi connectivity index (χ0) is 8.72. The Balaban J connectivity index is 2.32. The molecule has 3 aliphatic rings. The Morgan fingerprint density at radius 3 is 2.92 bits per heavy atom. The van der Waals surface area contributed by atoms with Crippen LogP contribution in [-0.2, 0) is 4.79 Å². The van der Waals surface area contributed by atoms with Gasteiger partial charge in [-0.3, -0.25) is 4.79 Å². The summed E-state index contributed by atoms with van der Waals surface area (Å²) >= 11 is 0. The molecule has 0 aromatic rings. The van der Waals surface area contributed by atoms with Crippen LogP contribution in [-0.4, -0.2) is 5.78 Å². The quantitative estimate of drug-likeness (QED) is 0.540. The zero-order valence-electron chi connectivity index (χ0n) is 7.36. The number of carbonyl (C=O) groups is 1. The Morgan fingerprint density at radius 2 is 2.33 bits per heavy atom. The predicted molar refractivity (Wildman–Crippen MR) is 48.6 cm³/mol. The molecule has 64 valence electrons. The van der Waals surface area contributed by atoms with Crippen LogP contribution in [0.4, 0.5) is 0 Å². The lowest BCUT2D eigenvalue weighted by Crippen LogP contribution is -2.40. The lowest BCUT2D eigenvalue weighted by atomic mass is 9.63. The minimum Gasteiger partial charge on any atom is -0.299 e. The van der Waals surface area contributed by atoms with Crippen molar-refractivity contribution in [2.24, 2.45) is 23.7 Å². The second kappa shape index (κ2) is 2.58. The molecule has 0 aromatic heterocycles. The molecule has 4 atom stereocenters. The molecule has 0 amide bonds. The molecule has 0 saturated heterocycles. The third kappa shape index (κ3) is 0.889. The molecule has 4 unspecified atom stereocenters. The highest BCUT2D eigenvalue weighted by atomic mass is 16.1. The minimum atomic E-state index is 0.141. The van der Waals surface area contributed by atoms with Gasteiger partial charge >= 0.3 is 0 Å². The van der Waals surface area contributed by atoms with Crippen molar-refractivity contribution in [3.8, 4) is 0 Å². The fourth-order valence-corrected chi connectivity index (χ4v) is 2.38. The highest BCUT2D eigenvalue weighted by Crippen LogP contribution is 2.41. The van der Waals surface area contributed by atoms with Gasteiger partial charge in [0, 0.05) is 11.8 Å². The fraction of sp³-hybridized carbons (Fsp3) is 0.545. The maximum absolute atomic E-state index is 11.7. The molecule has 0 heterocycles. The van der Waals surface area contributed by atoms with Crippen LogP contribution >= 0.6 is 0 Å². The van der Waals surface area contributed by atoms with Crippen molar-refractivity contribution >= 4 is 5.78 Å². The second-order valence-electron chi connectivity index (χ2n) is 3.90. The van der Waals surface area contributed by atoms with Gasteiger partial charge in [0.15, 0.2) is 0 Å². The van der Waals surface area contributed by atoms with Crippen molar-refractivity contribution in [1.29, 1.82) is 0 Å². The van der Waals surface area contributed by atoms with Crippen molar-refractivity contribution in [3.05, 3.63) is 24.8 Å². The van der Waals surface area contributed by atoms with E-state index < -0.39 is 0 Å². The molecule has 0 radical (unpaired) electrons. The number of hydrogen-bond donors (Lipinski definition) is 0. The smallest absolute Gasteiger partial charge is 0.143 e. The normalized spacial score (nSPS) is 44.9. The van der Waals surface area contributed by atoms with E-state index in [2.05, 4.69) is 18.7 Å². The number of ketones is 1. The molecule has 2 bridgehead atoms. The van der Waals surface area contributed by atoms with Crippen molar-refractivity contribution in [2.75, 3.05) is 0 Å². The molecule has 1 saturated carbocycles. The number of allylic oxidation sites excluding steroid dienone is 3. The van der Waals surface area contributed by atoms with Gasteiger partial charge in [0.05, 0.1) is 0 Å². The lowest BCUT2D eigenvalue weighted by Gasteiger charge is -2.39. The van der Waals surface area contributed by atoms with Crippen LogP contribution in [0.2, 0.25) is 0 Å². The molecule has 1 fully saturated rings. The highest BCUT2D eigenvalue weighted by Gasteiger charge is 2.41. The van der Waals surface area contributed by atoms with Gasteiger partial charge in [-0.1, -0.05) is 25.2 Å². The molecule has 3 rings (SSSR count). The standard InChI is InChI=1S/C11H14O/c1-3-8-6-9-4-5-10(8)11(12)7(9)2/h3-5,7-10H,1,6H2,2H3. The average Bonchev–Trinajstić information content (AvgIpc) is 2.12. The van der Waals surface area contributed by atoms with Crippen molar-refractivity contribution < 1.29 is 4.79 Å². The Morgan fingerprint density at radius 1 is 1.58 bits per heavy atom. The summed E-state index contributed by atoms with van der Waals surface area (Å²) in [6.45, 7) is 5.82. The van der Waals surface area contributed by atoms with Gasteiger partial charge in [-0.2, -0.15) is 0 Å². The highest BCUT2D eigenvalue weighted by molar-refractivity contribution is 5.87. The Kier molecular flexibility index (Phi) is 1.67. The molecule has 12 heavy (non-hydrogen) atoms. The van der Waals surface area contributed by atoms with Gasteiger partial charge < -0.3 is 0 Å². The number of carbonyl (C=O) groups excluding carboxylic acids is 1. The summed E-state index contributed by atoms with van der Waals surface area (Å²) in [5.74, 6) is 1.69. The van der Waals surface area contributed by atoms with E-state index in [1.165, 1.54) is 0 Å². The molecular weight excluding hydrogens is 148 g/mol. The first kappa shape index (κ1) is 7.78. The monoisotopic (exact) mass is 162 g/mol. The van der Waals surface area contributed by atoms with Gasteiger partial charge in [-0.15, -0.1) is 6.58 Å². The van der Waals surface area contributed by atoms with Crippen molar-refractivity contribution in [2.45, 2.75) is 13.3 Å².